The third kappa shape index (κ3) is 3.62. The summed E-state index contributed by atoms with van der Waals surface area (Å²) in [5.74, 6) is 0.957. The molecular formula is C14H22N2O2. The minimum Gasteiger partial charge on any atom is -0.494 e. The normalized spacial score (nSPS) is 19.6. The maximum atomic E-state index is 5.64. The molecule has 2 N–H and O–H groups in total. The van der Waals surface area contributed by atoms with E-state index in [4.69, 9.17) is 9.47 Å². The van der Waals surface area contributed by atoms with Crippen molar-refractivity contribution < 1.29 is 9.47 Å². The highest BCUT2D eigenvalue weighted by atomic mass is 16.5. The molecule has 1 saturated heterocycles. The summed E-state index contributed by atoms with van der Waals surface area (Å²) in [5, 5.41) is 6.73. The lowest BCUT2D eigenvalue weighted by Gasteiger charge is -2.24. The number of aryl methyl sites for hydroxylation is 1. The van der Waals surface area contributed by atoms with Crippen LogP contribution in [0.25, 0.3) is 0 Å². The zero-order valence-electron chi connectivity index (χ0n) is 11.2. The summed E-state index contributed by atoms with van der Waals surface area (Å²) < 4.78 is 11.2. The van der Waals surface area contributed by atoms with Crippen LogP contribution in [0.3, 0.4) is 0 Å². The Balaban J connectivity index is 1.87. The van der Waals surface area contributed by atoms with Crippen molar-refractivity contribution in [2.75, 3.05) is 38.2 Å². The molecule has 1 aliphatic heterocycles. The maximum Gasteiger partial charge on any atom is 0.122 e. The lowest BCUT2D eigenvalue weighted by atomic mass is 10.2. The summed E-state index contributed by atoms with van der Waals surface area (Å²) in [4.78, 5) is 0. The van der Waals surface area contributed by atoms with Crippen LogP contribution in [0.15, 0.2) is 18.2 Å². The van der Waals surface area contributed by atoms with Gasteiger partial charge in [0.25, 0.3) is 0 Å². The second-order valence-corrected chi connectivity index (χ2v) is 4.49. The summed E-state index contributed by atoms with van der Waals surface area (Å²) in [6.07, 6.45) is 0.255. The Hall–Kier alpha value is -1.26. The highest BCUT2D eigenvalue weighted by Gasteiger charge is 2.12. The molecule has 4 nitrogen and oxygen atoms in total. The summed E-state index contributed by atoms with van der Waals surface area (Å²) in [6, 6.07) is 6.18. The van der Waals surface area contributed by atoms with E-state index in [9.17, 15) is 0 Å². The van der Waals surface area contributed by atoms with Gasteiger partial charge in [0.1, 0.15) is 5.75 Å². The van der Waals surface area contributed by atoms with Crippen LogP contribution in [0.4, 0.5) is 5.69 Å². The Kier molecular flexibility index (Phi) is 4.84. The predicted octanol–water partition coefficient (Wildman–Crippen LogP) is 1.79. The van der Waals surface area contributed by atoms with Gasteiger partial charge in [-0.1, -0.05) is 0 Å². The van der Waals surface area contributed by atoms with Crippen LogP contribution in [0, 0.1) is 6.92 Å². The molecule has 18 heavy (non-hydrogen) atoms. The number of hydrogen-bond acceptors (Lipinski definition) is 4. The molecule has 0 aromatic heterocycles. The Labute approximate surface area is 109 Å². The molecule has 1 fully saturated rings. The van der Waals surface area contributed by atoms with Crippen LogP contribution < -0.4 is 15.4 Å². The zero-order valence-corrected chi connectivity index (χ0v) is 11.2. The number of rotatable bonds is 5. The Morgan fingerprint density at radius 3 is 3.06 bits per heavy atom. The molecule has 0 bridgehead atoms. The minimum absolute atomic E-state index is 0.255. The van der Waals surface area contributed by atoms with Crippen LogP contribution in [-0.2, 0) is 4.74 Å². The second kappa shape index (κ2) is 6.61. The molecule has 1 atom stereocenters. The average molecular weight is 250 g/mol. The van der Waals surface area contributed by atoms with E-state index in [1.165, 1.54) is 0 Å². The first-order chi connectivity index (χ1) is 8.79. The van der Waals surface area contributed by atoms with Gasteiger partial charge in [0.05, 0.1) is 19.3 Å². The van der Waals surface area contributed by atoms with Crippen molar-refractivity contribution >= 4 is 5.69 Å². The average Bonchev–Trinajstić information content (AvgIpc) is 2.41. The van der Waals surface area contributed by atoms with Gasteiger partial charge in [0, 0.05) is 25.3 Å². The van der Waals surface area contributed by atoms with Crippen molar-refractivity contribution in [2.24, 2.45) is 0 Å². The molecule has 0 amide bonds. The molecule has 0 saturated carbocycles. The fourth-order valence-corrected chi connectivity index (χ4v) is 2.06. The SMILES string of the molecule is CCOc1ccc(NCC2CNCCO2)cc1C. The first-order valence-corrected chi connectivity index (χ1v) is 6.59. The molecule has 1 aromatic rings. The van der Waals surface area contributed by atoms with Gasteiger partial charge in [0.2, 0.25) is 0 Å². The minimum atomic E-state index is 0.255. The third-order valence-electron chi connectivity index (χ3n) is 3.01. The zero-order chi connectivity index (χ0) is 12.8. The van der Waals surface area contributed by atoms with Crippen LogP contribution in [0.5, 0.6) is 5.75 Å². The van der Waals surface area contributed by atoms with E-state index in [0.717, 1.165) is 43.2 Å². The Bertz CT molecular complexity index is 376. The molecule has 1 unspecified atom stereocenters. The van der Waals surface area contributed by atoms with Crippen LogP contribution in [0.2, 0.25) is 0 Å². The summed E-state index contributed by atoms with van der Waals surface area (Å²) in [6.45, 7) is 8.28. The fourth-order valence-electron chi connectivity index (χ4n) is 2.06. The highest BCUT2D eigenvalue weighted by molar-refractivity contribution is 5.50. The van der Waals surface area contributed by atoms with Crippen molar-refractivity contribution in [3.05, 3.63) is 23.8 Å². The van der Waals surface area contributed by atoms with Gasteiger partial charge in [-0.05, 0) is 37.6 Å². The molecule has 1 aliphatic rings. The molecule has 1 heterocycles. The summed E-state index contributed by atoms with van der Waals surface area (Å²) >= 11 is 0. The van der Waals surface area contributed by atoms with Crippen LogP contribution in [0.1, 0.15) is 12.5 Å². The van der Waals surface area contributed by atoms with Gasteiger partial charge in [-0.3, -0.25) is 0 Å². The predicted molar refractivity (Wildman–Crippen MR) is 73.4 cm³/mol. The third-order valence-corrected chi connectivity index (χ3v) is 3.01. The second-order valence-electron chi connectivity index (χ2n) is 4.49. The smallest absolute Gasteiger partial charge is 0.122 e. The summed E-state index contributed by atoms with van der Waals surface area (Å²) in [7, 11) is 0. The molecule has 0 radical (unpaired) electrons. The number of morpholine rings is 1. The van der Waals surface area contributed by atoms with E-state index in [1.54, 1.807) is 0 Å². The van der Waals surface area contributed by atoms with Crippen LogP contribution in [-0.4, -0.2) is 39.0 Å². The quantitative estimate of drug-likeness (QED) is 0.836. The van der Waals surface area contributed by atoms with Crippen molar-refractivity contribution in [1.82, 2.24) is 5.32 Å². The lowest BCUT2D eigenvalue weighted by molar-refractivity contribution is 0.0372. The van der Waals surface area contributed by atoms with Gasteiger partial charge in [-0.15, -0.1) is 0 Å². The van der Waals surface area contributed by atoms with E-state index in [-0.39, 0.29) is 6.10 Å². The molecule has 100 valence electrons. The number of ether oxygens (including phenoxy) is 2. The first kappa shape index (κ1) is 13.2. The monoisotopic (exact) mass is 250 g/mol. The van der Waals surface area contributed by atoms with Crippen molar-refractivity contribution in [3.63, 3.8) is 0 Å². The van der Waals surface area contributed by atoms with E-state index in [2.05, 4.69) is 23.6 Å². The number of anilines is 1. The number of nitrogens with one attached hydrogen (secondary N) is 2. The lowest BCUT2D eigenvalue weighted by Crippen LogP contribution is -2.42. The molecule has 0 spiro atoms. The summed E-state index contributed by atoms with van der Waals surface area (Å²) in [5.41, 5.74) is 2.27. The molecule has 4 heteroatoms. The fraction of sp³-hybridized carbons (Fsp3) is 0.571. The van der Waals surface area contributed by atoms with E-state index in [1.807, 2.05) is 19.1 Å². The van der Waals surface area contributed by atoms with Crippen molar-refractivity contribution in [2.45, 2.75) is 20.0 Å². The largest absolute Gasteiger partial charge is 0.494 e. The molecular weight excluding hydrogens is 228 g/mol. The number of hydrogen-bond donors (Lipinski definition) is 2. The highest BCUT2D eigenvalue weighted by Crippen LogP contribution is 2.21. The van der Waals surface area contributed by atoms with E-state index >= 15 is 0 Å². The Morgan fingerprint density at radius 1 is 1.50 bits per heavy atom. The standard InChI is InChI=1S/C14H22N2O2/c1-3-17-14-5-4-12(8-11(14)2)16-10-13-9-15-6-7-18-13/h4-5,8,13,15-16H,3,6-7,9-10H2,1-2H3. The maximum absolute atomic E-state index is 5.64. The number of benzene rings is 1. The molecule has 1 aromatic carbocycles. The van der Waals surface area contributed by atoms with Gasteiger partial charge in [-0.2, -0.15) is 0 Å². The van der Waals surface area contributed by atoms with Crippen molar-refractivity contribution in [3.8, 4) is 5.75 Å². The Morgan fingerprint density at radius 2 is 2.39 bits per heavy atom. The topological polar surface area (TPSA) is 42.5 Å². The van der Waals surface area contributed by atoms with E-state index < -0.39 is 0 Å². The molecule has 0 aliphatic carbocycles. The van der Waals surface area contributed by atoms with Crippen LogP contribution >= 0.6 is 0 Å². The van der Waals surface area contributed by atoms with Crippen molar-refractivity contribution in [1.29, 1.82) is 0 Å². The van der Waals surface area contributed by atoms with E-state index in [0.29, 0.717) is 6.61 Å². The molecule has 2 rings (SSSR count). The van der Waals surface area contributed by atoms with Gasteiger partial charge in [-0.25, -0.2) is 0 Å². The van der Waals surface area contributed by atoms with Gasteiger partial charge >= 0.3 is 0 Å². The van der Waals surface area contributed by atoms with Gasteiger partial charge < -0.3 is 20.1 Å². The first-order valence-electron chi connectivity index (χ1n) is 6.59. The van der Waals surface area contributed by atoms with Gasteiger partial charge in [0.15, 0.2) is 0 Å².